The van der Waals surface area contributed by atoms with Gasteiger partial charge in [0, 0.05) is 6.54 Å². The first kappa shape index (κ1) is 15.7. The fraction of sp³-hybridized carbons (Fsp3) is 0.333. The van der Waals surface area contributed by atoms with E-state index in [-0.39, 0.29) is 5.97 Å². The molecule has 0 fully saturated rings. The molecule has 1 aromatic carbocycles. The van der Waals surface area contributed by atoms with Crippen LogP contribution in [-0.2, 0) is 11.2 Å². The number of aryl methyl sites for hydroxylation is 1. The molecule has 4 nitrogen and oxygen atoms in total. The van der Waals surface area contributed by atoms with E-state index in [0.717, 1.165) is 23.5 Å². The Bertz CT molecular complexity index is 681. The third-order valence-electron chi connectivity index (χ3n) is 3.68. The number of thiazole rings is 1. The van der Waals surface area contributed by atoms with Crippen LogP contribution in [0.4, 0.5) is 5.00 Å². The van der Waals surface area contributed by atoms with E-state index < -0.39 is 0 Å². The molecule has 0 radical (unpaired) electrons. The van der Waals surface area contributed by atoms with Crippen LogP contribution < -0.4 is 5.32 Å². The van der Waals surface area contributed by atoms with Gasteiger partial charge in [0.25, 0.3) is 0 Å². The van der Waals surface area contributed by atoms with Crippen LogP contribution in [0.5, 0.6) is 0 Å². The molecule has 0 aliphatic carbocycles. The number of fused-ring (bicyclic) bond motifs is 1. The van der Waals surface area contributed by atoms with Crippen LogP contribution >= 0.6 is 11.3 Å². The summed E-state index contributed by atoms with van der Waals surface area (Å²) in [6.07, 6.45) is 7.51. The zero-order valence-electron chi connectivity index (χ0n) is 13.2. The molecule has 0 unspecified atom stereocenters. The summed E-state index contributed by atoms with van der Waals surface area (Å²) in [7, 11) is 0. The van der Waals surface area contributed by atoms with Gasteiger partial charge in [0.1, 0.15) is 10.0 Å². The second kappa shape index (κ2) is 7.42. The summed E-state index contributed by atoms with van der Waals surface area (Å²) in [4.78, 5) is 16.3. The van der Waals surface area contributed by atoms with E-state index >= 15 is 0 Å². The number of carbonyl (C=O) groups excluding carboxylic acids is 1. The largest absolute Gasteiger partial charge is 0.462 e. The van der Waals surface area contributed by atoms with Gasteiger partial charge in [0.15, 0.2) is 0 Å². The van der Waals surface area contributed by atoms with Crippen LogP contribution in [-0.4, -0.2) is 24.1 Å². The number of esters is 1. The van der Waals surface area contributed by atoms with E-state index in [4.69, 9.17) is 9.72 Å². The fourth-order valence-corrected chi connectivity index (χ4v) is 3.42. The van der Waals surface area contributed by atoms with Gasteiger partial charge in [-0.3, -0.25) is 0 Å². The standard InChI is InChI=1S/C18H20N2O2S/c1-2-22-18(21)14-9-6-13(7-10-14)8-11-16-20-15-5-3-4-12-19-17(15)23-16/h6-11,19H,2-5,12H2,1H3/b11-8+. The fourth-order valence-electron chi connectivity index (χ4n) is 2.48. The number of benzene rings is 1. The first-order valence-corrected chi connectivity index (χ1v) is 8.77. The Balaban J connectivity index is 1.69. The van der Waals surface area contributed by atoms with Crippen LogP contribution in [0.25, 0.3) is 12.2 Å². The molecule has 0 bridgehead atoms. The van der Waals surface area contributed by atoms with Gasteiger partial charge in [0.2, 0.25) is 0 Å². The minimum atomic E-state index is -0.280. The van der Waals surface area contributed by atoms with Gasteiger partial charge >= 0.3 is 5.97 Å². The highest BCUT2D eigenvalue weighted by molar-refractivity contribution is 7.16. The summed E-state index contributed by atoms with van der Waals surface area (Å²) in [5.74, 6) is -0.280. The van der Waals surface area contributed by atoms with E-state index in [0.29, 0.717) is 12.2 Å². The van der Waals surface area contributed by atoms with Gasteiger partial charge in [-0.15, -0.1) is 0 Å². The highest BCUT2D eigenvalue weighted by Gasteiger charge is 2.12. The zero-order valence-corrected chi connectivity index (χ0v) is 14.0. The van der Waals surface area contributed by atoms with E-state index in [2.05, 4.69) is 5.32 Å². The lowest BCUT2D eigenvalue weighted by Gasteiger charge is -2.01. The van der Waals surface area contributed by atoms with Crippen molar-refractivity contribution in [1.82, 2.24) is 4.98 Å². The molecule has 1 aromatic heterocycles. The van der Waals surface area contributed by atoms with Crippen molar-refractivity contribution in [3.63, 3.8) is 0 Å². The SMILES string of the molecule is CCOC(=O)c1ccc(/C=C/c2nc3c(s2)NCCCC3)cc1. The average molecular weight is 328 g/mol. The minimum absolute atomic E-state index is 0.280. The molecule has 1 N–H and O–H groups in total. The topological polar surface area (TPSA) is 51.2 Å². The van der Waals surface area contributed by atoms with Crippen molar-refractivity contribution < 1.29 is 9.53 Å². The van der Waals surface area contributed by atoms with Crippen LogP contribution in [0.2, 0.25) is 0 Å². The molecule has 0 saturated carbocycles. The Kier molecular flexibility index (Phi) is 5.08. The number of carbonyl (C=O) groups is 1. The number of aromatic nitrogens is 1. The maximum absolute atomic E-state index is 11.6. The predicted octanol–water partition coefficient (Wildman–Crippen LogP) is 4.24. The number of nitrogens with zero attached hydrogens (tertiary/aromatic N) is 1. The third-order valence-corrected chi connectivity index (χ3v) is 4.70. The molecule has 120 valence electrons. The molecule has 5 heteroatoms. The Labute approximate surface area is 140 Å². The second-order valence-corrected chi connectivity index (χ2v) is 6.42. The van der Waals surface area contributed by atoms with Gasteiger partial charge in [-0.2, -0.15) is 0 Å². The minimum Gasteiger partial charge on any atom is -0.462 e. The summed E-state index contributed by atoms with van der Waals surface area (Å²) in [5.41, 5.74) is 2.80. The van der Waals surface area contributed by atoms with Gasteiger partial charge < -0.3 is 10.1 Å². The lowest BCUT2D eigenvalue weighted by atomic mass is 10.1. The molecule has 2 heterocycles. The highest BCUT2D eigenvalue weighted by Crippen LogP contribution is 2.29. The van der Waals surface area contributed by atoms with Crippen LogP contribution in [0.15, 0.2) is 24.3 Å². The Morgan fingerprint density at radius 2 is 2.13 bits per heavy atom. The number of anilines is 1. The molecule has 1 aliphatic rings. The molecule has 1 aliphatic heterocycles. The van der Waals surface area contributed by atoms with E-state index in [1.807, 2.05) is 24.3 Å². The lowest BCUT2D eigenvalue weighted by Crippen LogP contribution is -2.03. The van der Waals surface area contributed by atoms with Crippen LogP contribution in [0.1, 0.15) is 46.4 Å². The average Bonchev–Trinajstić information content (AvgIpc) is 2.83. The Morgan fingerprint density at radius 1 is 1.30 bits per heavy atom. The van der Waals surface area contributed by atoms with E-state index in [9.17, 15) is 4.79 Å². The number of nitrogens with one attached hydrogen (secondary N) is 1. The van der Waals surface area contributed by atoms with Gasteiger partial charge in [-0.1, -0.05) is 29.5 Å². The Morgan fingerprint density at radius 3 is 2.91 bits per heavy atom. The van der Waals surface area contributed by atoms with Crippen molar-refractivity contribution in [3.8, 4) is 0 Å². The third kappa shape index (κ3) is 3.99. The van der Waals surface area contributed by atoms with Crippen molar-refractivity contribution in [2.24, 2.45) is 0 Å². The molecular formula is C18H20N2O2S. The van der Waals surface area contributed by atoms with Crippen molar-refractivity contribution in [3.05, 3.63) is 46.1 Å². The molecule has 3 rings (SSSR count). The van der Waals surface area contributed by atoms with Crippen molar-refractivity contribution in [2.45, 2.75) is 26.2 Å². The van der Waals surface area contributed by atoms with Crippen LogP contribution in [0, 0.1) is 0 Å². The number of ether oxygens (including phenoxy) is 1. The summed E-state index contributed by atoms with van der Waals surface area (Å²) in [5, 5.41) is 5.67. The normalized spacial score (nSPS) is 14.1. The smallest absolute Gasteiger partial charge is 0.338 e. The maximum atomic E-state index is 11.6. The van der Waals surface area contributed by atoms with Gasteiger partial charge in [-0.25, -0.2) is 9.78 Å². The maximum Gasteiger partial charge on any atom is 0.338 e. The molecule has 0 amide bonds. The quantitative estimate of drug-likeness (QED) is 0.853. The van der Waals surface area contributed by atoms with E-state index in [1.165, 1.54) is 23.5 Å². The second-order valence-electron chi connectivity index (χ2n) is 5.39. The molecule has 0 spiro atoms. The number of hydrogen-bond donors (Lipinski definition) is 1. The van der Waals surface area contributed by atoms with Crippen LogP contribution in [0.3, 0.4) is 0 Å². The summed E-state index contributed by atoms with van der Waals surface area (Å²) in [6, 6.07) is 7.41. The number of rotatable bonds is 4. The van der Waals surface area contributed by atoms with Crippen molar-refractivity contribution in [1.29, 1.82) is 0 Å². The molecular weight excluding hydrogens is 308 g/mol. The van der Waals surface area contributed by atoms with E-state index in [1.54, 1.807) is 30.4 Å². The first-order valence-electron chi connectivity index (χ1n) is 7.95. The van der Waals surface area contributed by atoms with Gasteiger partial charge in [0.05, 0.1) is 17.9 Å². The molecule has 23 heavy (non-hydrogen) atoms. The predicted molar refractivity (Wildman–Crippen MR) is 94.9 cm³/mol. The first-order chi connectivity index (χ1) is 11.3. The Hall–Kier alpha value is -2.14. The molecule has 0 saturated heterocycles. The monoisotopic (exact) mass is 328 g/mol. The summed E-state index contributed by atoms with van der Waals surface area (Å²) < 4.78 is 4.98. The highest BCUT2D eigenvalue weighted by atomic mass is 32.1. The zero-order chi connectivity index (χ0) is 16.1. The van der Waals surface area contributed by atoms with Crippen molar-refractivity contribution >= 4 is 34.5 Å². The number of hydrogen-bond acceptors (Lipinski definition) is 5. The molecule has 0 atom stereocenters. The summed E-state index contributed by atoms with van der Waals surface area (Å²) in [6.45, 7) is 3.23. The van der Waals surface area contributed by atoms with Crippen molar-refractivity contribution in [2.75, 3.05) is 18.5 Å². The lowest BCUT2D eigenvalue weighted by molar-refractivity contribution is 0.0526. The molecule has 2 aromatic rings. The summed E-state index contributed by atoms with van der Waals surface area (Å²) >= 11 is 1.70. The van der Waals surface area contributed by atoms with Gasteiger partial charge in [-0.05, 0) is 50.0 Å².